The van der Waals surface area contributed by atoms with Gasteiger partial charge in [-0.3, -0.25) is 9.59 Å². The second kappa shape index (κ2) is 8.96. The molecule has 0 saturated heterocycles. The van der Waals surface area contributed by atoms with Gasteiger partial charge in [0, 0.05) is 24.2 Å². The van der Waals surface area contributed by atoms with Gasteiger partial charge in [-0.1, -0.05) is 18.6 Å². The highest BCUT2D eigenvalue weighted by atomic mass is 19.1. The van der Waals surface area contributed by atoms with Crippen LogP contribution in [0.25, 0.3) is 0 Å². The summed E-state index contributed by atoms with van der Waals surface area (Å²) in [5.41, 5.74) is 2.36. The van der Waals surface area contributed by atoms with E-state index in [1.54, 1.807) is 17.0 Å². The zero-order chi connectivity index (χ0) is 22.0. The van der Waals surface area contributed by atoms with Crippen molar-refractivity contribution in [1.82, 2.24) is 10.2 Å². The molecule has 1 unspecified atom stereocenters. The third kappa shape index (κ3) is 4.65. The molecule has 1 N–H and O–H groups in total. The van der Waals surface area contributed by atoms with E-state index in [9.17, 15) is 22.8 Å². The van der Waals surface area contributed by atoms with E-state index < -0.39 is 17.5 Å². The Labute approximate surface area is 178 Å². The molecule has 0 aromatic heterocycles. The Kier molecular flexibility index (Phi) is 6.11. The lowest BCUT2D eigenvalue weighted by atomic mass is 9.88. The number of hydrogen-bond donors (Lipinski definition) is 1. The summed E-state index contributed by atoms with van der Waals surface area (Å²) < 4.78 is 40.3. The first-order valence-corrected chi connectivity index (χ1v) is 10.4. The first-order valence-electron chi connectivity index (χ1n) is 10.4. The van der Waals surface area contributed by atoms with Gasteiger partial charge in [0.05, 0.1) is 12.5 Å². The maximum Gasteiger partial charge on any atom is 0.251 e. The highest BCUT2D eigenvalue weighted by Crippen LogP contribution is 2.38. The van der Waals surface area contributed by atoms with Gasteiger partial charge in [0.2, 0.25) is 5.91 Å². The zero-order valence-electron chi connectivity index (χ0n) is 17.0. The number of hydrogen-bond acceptors (Lipinski definition) is 2. The molecule has 7 heteroatoms. The highest BCUT2D eigenvalue weighted by molar-refractivity contribution is 6.02. The van der Waals surface area contributed by atoms with Crippen molar-refractivity contribution in [3.63, 3.8) is 0 Å². The Bertz CT molecular complexity index is 1030. The number of halogens is 3. The molecule has 1 aliphatic heterocycles. The molecule has 1 aliphatic carbocycles. The Morgan fingerprint density at radius 1 is 1.03 bits per heavy atom. The minimum absolute atomic E-state index is 0.0465. The number of carbonyl (C=O) groups excluding carboxylic acids is 2. The van der Waals surface area contributed by atoms with E-state index in [4.69, 9.17) is 0 Å². The Morgan fingerprint density at radius 2 is 1.77 bits per heavy atom. The van der Waals surface area contributed by atoms with E-state index in [-0.39, 0.29) is 36.3 Å². The van der Waals surface area contributed by atoms with Gasteiger partial charge in [0.25, 0.3) is 5.91 Å². The Balaban J connectivity index is 1.46. The van der Waals surface area contributed by atoms with Crippen molar-refractivity contribution < 1.29 is 22.8 Å². The summed E-state index contributed by atoms with van der Waals surface area (Å²) in [7, 11) is 0. The van der Waals surface area contributed by atoms with E-state index >= 15 is 0 Å². The van der Waals surface area contributed by atoms with Gasteiger partial charge in [0.15, 0.2) is 0 Å². The van der Waals surface area contributed by atoms with Crippen LogP contribution in [0, 0.1) is 17.5 Å². The standard InChI is InChI=1S/C24H23F3N2O2/c25-17-7-5-15(6-8-17)14-29-22-4-2-1-3-19(22)20(24(29)31)12-23(30)28-13-16-11-18(26)9-10-21(16)27/h5-11,22H,1-4,12-14H2,(H,28,30). The van der Waals surface area contributed by atoms with Crippen molar-refractivity contribution in [3.05, 3.63) is 82.2 Å². The molecule has 2 aromatic carbocycles. The molecule has 2 amide bonds. The monoisotopic (exact) mass is 428 g/mol. The molecule has 2 aromatic rings. The Morgan fingerprint density at radius 3 is 2.55 bits per heavy atom. The second-order valence-corrected chi connectivity index (χ2v) is 8.01. The van der Waals surface area contributed by atoms with E-state index in [0.717, 1.165) is 55.0 Å². The van der Waals surface area contributed by atoms with Crippen molar-refractivity contribution in [3.8, 4) is 0 Å². The third-order valence-electron chi connectivity index (χ3n) is 5.95. The second-order valence-electron chi connectivity index (χ2n) is 8.01. The minimum Gasteiger partial charge on any atom is -0.352 e. The largest absolute Gasteiger partial charge is 0.352 e. The van der Waals surface area contributed by atoms with Gasteiger partial charge in [0.1, 0.15) is 17.5 Å². The number of nitrogens with zero attached hydrogens (tertiary/aromatic N) is 1. The summed E-state index contributed by atoms with van der Waals surface area (Å²) in [6.07, 6.45) is 3.46. The first kappa shape index (κ1) is 21.2. The molecular weight excluding hydrogens is 405 g/mol. The minimum atomic E-state index is -0.599. The van der Waals surface area contributed by atoms with Crippen LogP contribution in [0.2, 0.25) is 0 Å². The van der Waals surface area contributed by atoms with E-state index in [1.165, 1.54) is 12.1 Å². The van der Waals surface area contributed by atoms with Gasteiger partial charge in [-0.2, -0.15) is 0 Å². The van der Waals surface area contributed by atoms with Gasteiger partial charge in [-0.25, -0.2) is 13.2 Å². The van der Waals surface area contributed by atoms with Crippen LogP contribution < -0.4 is 5.32 Å². The average Bonchev–Trinajstić information content (AvgIpc) is 3.02. The molecule has 1 saturated carbocycles. The van der Waals surface area contributed by atoms with Gasteiger partial charge >= 0.3 is 0 Å². The number of nitrogens with one attached hydrogen (secondary N) is 1. The van der Waals surface area contributed by atoms with Crippen LogP contribution in [0.4, 0.5) is 13.2 Å². The van der Waals surface area contributed by atoms with Gasteiger partial charge in [-0.15, -0.1) is 0 Å². The zero-order valence-corrected chi connectivity index (χ0v) is 17.0. The summed E-state index contributed by atoms with van der Waals surface area (Å²) in [6.45, 7) is 0.203. The summed E-state index contributed by atoms with van der Waals surface area (Å²) in [5.74, 6) is -2.10. The molecule has 1 fully saturated rings. The van der Waals surface area contributed by atoms with Crippen LogP contribution in [-0.2, 0) is 22.7 Å². The fraction of sp³-hybridized carbons (Fsp3) is 0.333. The van der Waals surface area contributed by atoms with Crippen molar-refractivity contribution in [1.29, 1.82) is 0 Å². The lowest BCUT2D eigenvalue weighted by Crippen LogP contribution is -2.36. The maximum absolute atomic E-state index is 13.8. The molecule has 1 heterocycles. The maximum atomic E-state index is 13.8. The van der Waals surface area contributed by atoms with Crippen LogP contribution in [0.1, 0.15) is 43.2 Å². The molecule has 2 aliphatic rings. The summed E-state index contributed by atoms with van der Waals surface area (Å²) in [5, 5.41) is 2.59. The smallest absolute Gasteiger partial charge is 0.251 e. The lowest BCUT2D eigenvalue weighted by Gasteiger charge is -2.30. The molecule has 4 nitrogen and oxygen atoms in total. The van der Waals surface area contributed by atoms with Gasteiger partial charge in [-0.05, 0) is 60.7 Å². The van der Waals surface area contributed by atoms with Crippen LogP contribution in [0.3, 0.4) is 0 Å². The molecule has 162 valence electrons. The molecule has 31 heavy (non-hydrogen) atoms. The van der Waals surface area contributed by atoms with E-state index in [2.05, 4.69) is 5.32 Å². The number of fused-ring (bicyclic) bond motifs is 1. The molecule has 0 bridgehead atoms. The average molecular weight is 428 g/mol. The summed E-state index contributed by atoms with van der Waals surface area (Å²) in [4.78, 5) is 27.4. The molecule has 0 spiro atoms. The molecule has 1 atom stereocenters. The van der Waals surface area contributed by atoms with Crippen molar-refractivity contribution in [2.45, 2.75) is 51.2 Å². The van der Waals surface area contributed by atoms with Crippen LogP contribution >= 0.6 is 0 Å². The predicted octanol–water partition coefficient (Wildman–Crippen LogP) is 4.39. The van der Waals surface area contributed by atoms with Crippen molar-refractivity contribution in [2.75, 3.05) is 0 Å². The lowest BCUT2D eigenvalue weighted by molar-refractivity contribution is -0.129. The van der Waals surface area contributed by atoms with Crippen molar-refractivity contribution >= 4 is 11.8 Å². The van der Waals surface area contributed by atoms with Gasteiger partial charge < -0.3 is 10.2 Å². The van der Waals surface area contributed by atoms with Crippen LogP contribution in [0.5, 0.6) is 0 Å². The fourth-order valence-electron chi connectivity index (χ4n) is 4.40. The number of carbonyl (C=O) groups is 2. The number of rotatable bonds is 6. The summed E-state index contributed by atoms with van der Waals surface area (Å²) >= 11 is 0. The SMILES string of the molecule is O=C(CC1=C2CCCCC2N(Cc2ccc(F)cc2)C1=O)NCc1cc(F)ccc1F. The highest BCUT2D eigenvalue weighted by Gasteiger charge is 2.40. The molecule has 4 rings (SSSR count). The third-order valence-corrected chi connectivity index (χ3v) is 5.95. The number of amides is 2. The summed E-state index contributed by atoms with van der Waals surface area (Å²) in [6, 6.07) is 9.07. The van der Waals surface area contributed by atoms with Crippen LogP contribution in [-0.4, -0.2) is 22.8 Å². The fourth-order valence-corrected chi connectivity index (χ4v) is 4.40. The van der Waals surface area contributed by atoms with Crippen LogP contribution in [0.15, 0.2) is 53.6 Å². The number of benzene rings is 2. The molecule has 0 radical (unpaired) electrons. The van der Waals surface area contributed by atoms with E-state index in [0.29, 0.717) is 12.1 Å². The predicted molar refractivity (Wildman–Crippen MR) is 109 cm³/mol. The topological polar surface area (TPSA) is 49.4 Å². The van der Waals surface area contributed by atoms with E-state index in [1.807, 2.05) is 0 Å². The normalized spacial score (nSPS) is 18.4. The molecular formula is C24H23F3N2O2. The Hall–Kier alpha value is -3.09. The first-order chi connectivity index (χ1) is 14.9. The van der Waals surface area contributed by atoms with Crippen molar-refractivity contribution in [2.24, 2.45) is 0 Å². The quantitative estimate of drug-likeness (QED) is 0.742.